The Balaban J connectivity index is 1.61. The highest BCUT2D eigenvalue weighted by atomic mass is 15.0. The number of anilines is 1. The predicted molar refractivity (Wildman–Crippen MR) is 134 cm³/mol. The summed E-state index contributed by atoms with van der Waals surface area (Å²) in [6, 6.07) is 32.7. The SMILES string of the molecule is CCCCCc1ccc(-n2c3ccccc3c3cc(-c4ccc(N)cc4)ccc32)cc1. The number of benzene rings is 4. The molecule has 5 aromatic rings. The van der Waals surface area contributed by atoms with Gasteiger partial charge in [0.2, 0.25) is 0 Å². The number of nitrogen functional groups attached to an aromatic ring is 1. The van der Waals surface area contributed by atoms with E-state index in [4.69, 9.17) is 5.73 Å². The molecule has 0 saturated heterocycles. The quantitative estimate of drug-likeness (QED) is 0.227. The normalized spacial score (nSPS) is 11.4. The van der Waals surface area contributed by atoms with Crippen LogP contribution in [0, 0.1) is 0 Å². The van der Waals surface area contributed by atoms with Gasteiger partial charge in [-0.15, -0.1) is 0 Å². The van der Waals surface area contributed by atoms with Gasteiger partial charge in [0.1, 0.15) is 0 Å². The van der Waals surface area contributed by atoms with Crippen LogP contribution in [0.5, 0.6) is 0 Å². The van der Waals surface area contributed by atoms with Crippen molar-refractivity contribution >= 4 is 27.5 Å². The number of rotatable bonds is 6. The summed E-state index contributed by atoms with van der Waals surface area (Å²) in [5.74, 6) is 0. The molecule has 0 amide bonds. The molecule has 154 valence electrons. The molecular formula is C29H28N2. The van der Waals surface area contributed by atoms with Crippen molar-refractivity contribution in [3.8, 4) is 16.8 Å². The van der Waals surface area contributed by atoms with E-state index in [1.165, 1.54) is 63.4 Å². The van der Waals surface area contributed by atoms with E-state index in [2.05, 4.69) is 90.4 Å². The first-order chi connectivity index (χ1) is 15.2. The van der Waals surface area contributed by atoms with Crippen molar-refractivity contribution in [2.24, 2.45) is 0 Å². The van der Waals surface area contributed by atoms with E-state index in [1.54, 1.807) is 0 Å². The molecule has 2 N–H and O–H groups in total. The number of aryl methyl sites for hydroxylation is 1. The molecule has 0 spiro atoms. The number of fused-ring (bicyclic) bond motifs is 3. The number of nitrogens with zero attached hydrogens (tertiary/aromatic N) is 1. The van der Waals surface area contributed by atoms with Gasteiger partial charge in [-0.25, -0.2) is 0 Å². The van der Waals surface area contributed by atoms with E-state index in [9.17, 15) is 0 Å². The summed E-state index contributed by atoms with van der Waals surface area (Å²) in [7, 11) is 0. The van der Waals surface area contributed by atoms with Gasteiger partial charge in [0.15, 0.2) is 0 Å². The molecule has 0 aliphatic heterocycles. The molecular weight excluding hydrogens is 376 g/mol. The topological polar surface area (TPSA) is 30.9 Å². The molecule has 0 aliphatic carbocycles. The Hall–Kier alpha value is -3.52. The van der Waals surface area contributed by atoms with Crippen LogP contribution >= 0.6 is 0 Å². The Bertz CT molecular complexity index is 1330. The van der Waals surface area contributed by atoms with Crippen LogP contribution in [0.25, 0.3) is 38.6 Å². The van der Waals surface area contributed by atoms with Gasteiger partial charge in [-0.2, -0.15) is 0 Å². The van der Waals surface area contributed by atoms with E-state index in [-0.39, 0.29) is 0 Å². The van der Waals surface area contributed by atoms with Gasteiger partial charge in [0, 0.05) is 22.1 Å². The van der Waals surface area contributed by atoms with E-state index in [0.29, 0.717) is 0 Å². The van der Waals surface area contributed by atoms with Gasteiger partial charge in [-0.1, -0.05) is 68.3 Å². The first kappa shape index (κ1) is 19.4. The fourth-order valence-electron chi connectivity index (χ4n) is 4.50. The number of hydrogen-bond donors (Lipinski definition) is 1. The van der Waals surface area contributed by atoms with Crippen LogP contribution in [-0.2, 0) is 6.42 Å². The van der Waals surface area contributed by atoms with Crippen LogP contribution in [-0.4, -0.2) is 4.57 Å². The lowest BCUT2D eigenvalue weighted by molar-refractivity contribution is 0.717. The number of unbranched alkanes of at least 4 members (excludes halogenated alkanes) is 2. The zero-order valence-corrected chi connectivity index (χ0v) is 18.0. The monoisotopic (exact) mass is 404 g/mol. The van der Waals surface area contributed by atoms with Crippen LogP contribution < -0.4 is 5.73 Å². The Morgan fingerprint density at radius 2 is 1.39 bits per heavy atom. The molecule has 1 heterocycles. The highest BCUT2D eigenvalue weighted by Gasteiger charge is 2.13. The minimum absolute atomic E-state index is 0.791. The maximum Gasteiger partial charge on any atom is 0.0541 e. The van der Waals surface area contributed by atoms with E-state index < -0.39 is 0 Å². The van der Waals surface area contributed by atoms with Crippen molar-refractivity contribution in [1.82, 2.24) is 4.57 Å². The number of aromatic nitrogens is 1. The third-order valence-electron chi connectivity index (χ3n) is 6.18. The van der Waals surface area contributed by atoms with E-state index in [0.717, 1.165) is 12.1 Å². The smallest absolute Gasteiger partial charge is 0.0541 e. The lowest BCUT2D eigenvalue weighted by Gasteiger charge is -2.10. The van der Waals surface area contributed by atoms with Crippen molar-refractivity contribution in [2.75, 3.05) is 5.73 Å². The second-order valence-electron chi connectivity index (χ2n) is 8.33. The molecule has 0 unspecified atom stereocenters. The van der Waals surface area contributed by atoms with Crippen molar-refractivity contribution in [1.29, 1.82) is 0 Å². The molecule has 0 fully saturated rings. The molecule has 5 rings (SSSR count). The minimum atomic E-state index is 0.791. The van der Waals surface area contributed by atoms with Gasteiger partial charge < -0.3 is 10.3 Å². The van der Waals surface area contributed by atoms with Gasteiger partial charge in [-0.05, 0) is 72.0 Å². The molecule has 0 atom stereocenters. The largest absolute Gasteiger partial charge is 0.399 e. The van der Waals surface area contributed by atoms with Crippen LogP contribution in [0.15, 0.2) is 91.0 Å². The molecule has 2 nitrogen and oxygen atoms in total. The molecule has 0 bridgehead atoms. The van der Waals surface area contributed by atoms with Crippen LogP contribution in [0.4, 0.5) is 5.69 Å². The molecule has 0 saturated carbocycles. The summed E-state index contributed by atoms with van der Waals surface area (Å²) in [4.78, 5) is 0. The first-order valence-corrected chi connectivity index (χ1v) is 11.2. The third-order valence-corrected chi connectivity index (χ3v) is 6.18. The van der Waals surface area contributed by atoms with Crippen molar-refractivity contribution in [2.45, 2.75) is 32.6 Å². The average molecular weight is 405 g/mol. The fourth-order valence-corrected chi connectivity index (χ4v) is 4.50. The summed E-state index contributed by atoms with van der Waals surface area (Å²) < 4.78 is 2.38. The summed E-state index contributed by atoms with van der Waals surface area (Å²) in [5.41, 5.74) is 14.2. The molecule has 0 radical (unpaired) electrons. The molecule has 2 heteroatoms. The van der Waals surface area contributed by atoms with E-state index in [1.807, 2.05) is 12.1 Å². The lowest BCUT2D eigenvalue weighted by Crippen LogP contribution is -1.94. The summed E-state index contributed by atoms with van der Waals surface area (Å²) >= 11 is 0. The zero-order chi connectivity index (χ0) is 21.2. The van der Waals surface area contributed by atoms with Gasteiger partial charge in [0.05, 0.1) is 11.0 Å². The summed E-state index contributed by atoms with van der Waals surface area (Å²) in [6.07, 6.45) is 4.98. The zero-order valence-electron chi connectivity index (χ0n) is 18.0. The Kier molecular flexibility index (Phi) is 5.21. The highest BCUT2D eigenvalue weighted by molar-refractivity contribution is 6.10. The number of hydrogen-bond acceptors (Lipinski definition) is 1. The third kappa shape index (κ3) is 3.70. The van der Waals surface area contributed by atoms with Crippen molar-refractivity contribution < 1.29 is 0 Å². The lowest BCUT2D eigenvalue weighted by atomic mass is 10.0. The predicted octanol–water partition coefficient (Wildman–Crippen LogP) is 7.77. The summed E-state index contributed by atoms with van der Waals surface area (Å²) in [6.45, 7) is 2.25. The van der Waals surface area contributed by atoms with Gasteiger partial charge in [0.25, 0.3) is 0 Å². The van der Waals surface area contributed by atoms with Gasteiger partial charge in [-0.3, -0.25) is 0 Å². The molecule has 31 heavy (non-hydrogen) atoms. The Morgan fingerprint density at radius 1 is 0.677 bits per heavy atom. The van der Waals surface area contributed by atoms with Crippen molar-refractivity contribution in [3.05, 3.63) is 96.6 Å². The number of nitrogens with two attached hydrogens (primary N) is 1. The maximum atomic E-state index is 5.88. The number of para-hydroxylation sites is 1. The standard InChI is InChI=1S/C29H28N2/c1-2-3-4-7-21-10-17-25(18-11-21)31-28-9-6-5-8-26(28)27-20-23(14-19-29(27)31)22-12-15-24(30)16-13-22/h5-6,8-20H,2-4,7,30H2,1H3. The van der Waals surface area contributed by atoms with Crippen molar-refractivity contribution in [3.63, 3.8) is 0 Å². The summed E-state index contributed by atoms with van der Waals surface area (Å²) in [5, 5.41) is 2.55. The highest BCUT2D eigenvalue weighted by Crippen LogP contribution is 2.35. The first-order valence-electron chi connectivity index (χ1n) is 11.2. The molecule has 0 aliphatic rings. The van der Waals surface area contributed by atoms with Crippen LogP contribution in [0.2, 0.25) is 0 Å². The van der Waals surface area contributed by atoms with Gasteiger partial charge >= 0.3 is 0 Å². The fraction of sp³-hybridized carbons (Fsp3) is 0.172. The van der Waals surface area contributed by atoms with Crippen LogP contribution in [0.1, 0.15) is 31.7 Å². The average Bonchev–Trinajstić information content (AvgIpc) is 3.14. The minimum Gasteiger partial charge on any atom is -0.399 e. The van der Waals surface area contributed by atoms with E-state index >= 15 is 0 Å². The van der Waals surface area contributed by atoms with Crippen LogP contribution in [0.3, 0.4) is 0 Å². The Morgan fingerprint density at radius 3 is 2.16 bits per heavy atom. The second-order valence-corrected chi connectivity index (χ2v) is 8.33. The maximum absolute atomic E-state index is 5.88. The second kappa shape index (κ2) is 8.31. The molecule has 4 aromatic carbocycles. The Labute approximate surface area is 183 Å². The molecule has 1 aromatic heterocycles.